The van der Waals surface area contributed by atoms with Crippen LogP contribution < -0.4 is 9.47 Å². The molecule has 2 unspecified atom stereocenters. The van der Waals surface area contributed by atoms with Crippen molar-refractivity contribution in [2.75, 3.05) is 26.4 Å². The first kappa shape index (κ1) is 41.7. The molecule has 0 aromatic heterocycles. The number of hydrogen-bond acceptors (Lipinski definition) is 14. The Morgan fingerprint density at radius 1 is 0.614 bits per heavy atom. The molecule has 4 saturated heterocycles. The predicted molar refractivity (Wildman–Crippen MR) is 202 cm³/mol. The first-order chi connectivity index (χ1) is 27.4. The molecule has 300 valence electrons. The van der Waals surface area contributed by atoms with Gasteiger partial charge in [0.2, 0.25) is 0 Å². The van der Waals surface area contributed by atoms with Crippen LogP contribution in [0, 0.1) is 20.2 Å². The normalized spacial score (nSPS) is 25.4. The monoisotopic (exact) mass is 846 g/mol. The third-order valence-corrected chi connectivity index (χ3v) is 9.83. The summed E-state index contributed by atoms with van der Waals surface area (Å²) in [6.45, 7) is 0.909. The molecule has 0 saturated carbocycles. The Balaban J connectivity index is 0.000000164. The maximum Gasteiger partial charge on any atom is 0.338 e. The highest BCUT2D eigenvalue weighted by Gasteiger charge is 2.51. The van der Waals surface area contributed by atoms with Crippen LogP contribution in [0.2, 0.25) is 10.0 Å². The summed E-state index contributed by atoms with van der Waals surface area (Å²) in [6, 6.07) is 25.4. The average Bonchev–Trinajstić information content (AvgIpc) is 4.00. The van der Waals surface area contributed by atoms with Gasteiger partial charge >= 0.3 is 5.97 Å². The van der Waals surface area contributed by atoms with Gasteiger partial charge in [-0.2, -0.15) is 0 Å². The maximum atomic E-state index is 12.3. The number of non-ortho nitro benzene ring substituents is 2. The SMILES string of the molecule is O=C(Cl)c1ccccc1.O=C(O[C@H]1CO[C@@H]2C(Oc3ccc([N+](=O)[O-])cc3Cl)CO[C@H]12)c1ccccc1.O=[N+]([O-])c1ccc(OC2CO[C@H]3[C@@H]2OC[C@@H]3O)c(Cl)c1. The van der Waals surface area contributed by atoms with Crippen LogP contribution in [0.1, 0.15) is 20.7 Å². The lowest BCUT2D eigenvalue weighted by Gasteiger charge is -2.18. The number of halogens is 3. The summed E-state index contributed by atoms with van der Waals surface area (Å²) in [6.07, 6.45) is -3.68. The second-order valence-corrected chi connectivity index (χ2v) is 13.9. The zero-order chi connectivity index (χ0) is 40.6. The first-order valence-corrected chi connectivity index (χ1v) is 18.4. The Morgan fingerprint density at radius 2 is 1.04 bits per heavy atom. The van der Waals surface area contributed by atoms with Gasteiger partial charge < -0.3 is 38.3 Å². The number of rotatable bonds is 9. The lowest BCUT2D eigenvalue weighted by Crippen LogP contribution is -2.36. The number of ether oxygens (including phenoxy) is 7. The number of nitrogens with zero attached hydrogens (tertiary/aromatic N) is 2. The summed E-state index contributed by atoms with van der Waals surface area (Å²) in [4.78, 5) is 43.1. The summed E-state index contributed by atoms with van der Waals surface area (Å²) in [5.74, 6) is 0.188. The summed E-state index contributed by atoms with van der Waals surface area (Å²) in [7, 11) is 0. The molecule has 4 heterocycles. The van der Waals surface area contributed by atoms with E-state index >= 15 is 0 Å². The third kappa shape index (κ3) is 10.3. The van der Waals surface area contributed by atoms with Crippen LogP contribution in [0.5, 0.6) is 11.5 Å². The molecule has 57 heavy (non-hydrogen) atoms. The first-order valence-electron chi connectivity index (χ1n) is 17.3. The molecule has 8 atom stereocenters. The smallest absolute Gasteiger partial charge is 0.338 e. The molecule has 8 rings (SSSR count). The Hall–Kier alpha value is -4.91. The Kier molecular flexibility index (Phi) is 13.9. The fourth-order valence-electron chi connectivity index (χ4n) is 6.25. The molecule has 0 aliphatic carbocycles. The van der Waals surface area contributed by atoms with Gasteiger partial charge in [-0.15, -0.1) is 0 Å². The van der Waals surface area contributed by atoms with Crippen molar-refractivity contribution in [2.45, 2.75) is 48.8 Å². The highest BCUT2D eigenvalue weighted by molar-refractivity contribution is 6.67. The van der Waals surface area contributed by atoms with Crippen molar-refractivity contribution in [3.63, 3.8) is 0 Å². The van der Waals surface area contributed by atoms with Gasteiger partial charge in [-0.3, -0.25) is 25.0 Å². The number of carbonyl (C=O) groups excluding carboxylic acids is 2. The fraction of sp³-hybridized carbons (Fsp3) is 0.316. The van der Waals surface area contributed by atoms with E-state index in [0.29, 0.717) is 22.6 Å². The van der Waals surface area contributed by atoms with E-state index < -0.39 is 63.8 Å². The van der Waals surface area contributed by atoms with E-state index in [-0.39, 0.29) is 54.0 Å². The Labute approximate surface area is 339 Å². The van der Waals surface area contributed by atoms with E-state index in [2.05, 4.69) is 0 Å². The number of nitro benzene ring substituents is 2. The van der Waals surface area contributed by atoms with Crippen LogP contribution >= 0.6 is 34.8 Å². The molecule has 4 aliphatic rings. The number of benzene rings is 4. The zero-order valence-corrected chi connectivity index (χ0v) is 31.7. The zero-order valence-electron chi connectivity index (χ0n) is 29.5. The minimum atomic E-state index is -0.652. The molecular weight excluding hydrogens is 815 g/mol. The van der Waals surface area contributed by atoms with Crippen LogP contribution in [-0.4, -0.2) is 101 Å². The van der Waals surface area contributed by atoms with Crippen molar-refractivity contribution in [3.05, 3.63) is 138 Å². The third-order valence-electron chi connectivity index (χ3n) is 9.02. The number of aliphatic hydroxyl groups excluding tert-OH is 1. The van der Waals surface area contributed by atoms with Gasteiger partial charge in [0.05, 0.1) is 51.9 Å². The molecule has 0 radical (unpaired) electrons. The van der Waals surface area contributed by atoms with Crippen LogP contribution in [-0.2, 0) is 23.7 Å². The van der Waals surface area contributed by atoms with E-state index in [4.69, 9.17) is 68.0 Å². The van der Waals surface area contributed by atoms with Gasteiger partial charge in [0.15, 0.2) is 18.3 Å². The van der Waals surface area contributed by atoms with Gasteiger partial charge in [0.1, 0.15) is 42.0 Å². The standard InChI is InChI=1S/C19H16ClNO7.C12H12ClNO6.C7H5ClO/c20-13-8-12(21(23)24)6-7-14(13)27-15-9-25-18-16(10-26-17(15)18)28-19(22)11-4-2-1-3-5-11;13-7-3-6(14(16)17)1-2-9(7)20-10-5-19-11-8(15)4-18-12(10)11;8-7(9)6-4-2-1-3-5-6/h1-8,15-18H,9-10H2;1-3,8,10-12,15H,4-5H2;1-5H/t15?,16-,17+,18+;8-,10?,11+,12+;/m00./s1. The maximum absolute atomic E-state index is 12.3. The number of carbonyl (C=O) groups is 2. The number of esters is 1. The number of fused-ring (bicyclic) bond motifs is 2. The minimum Gasteiger partial charge on any atom is -0.484 e. The van der Waals surface area contributed by atoms with Crippen molar-refractivity contribution >= 4 is 57.4 Å². The van der Waals surface area contributed by atoms with Crippen LogP contribution in [0.25, 0.3) is 0 Å². The molecule has 4 aliphatic heterocycles. The highest BCUT2D eigenvalue weighted by atomic mass is 35.5. The van der Waals surface area contributed by atoms with E-state index in [0.717, 1.165) is 0 Å². The molecule has 4 aromatic carbocycles. The second kappa shape index (κ2) is 19.0. The summed E-state index contributed by atoms with van der Waals surface area (Å²) < 4.78 is 39.4. The second-order valence-electron chi connectivity index (χ2n) is 12.8. The van der Waals surface area contributed by atoms with Crippen molar-refractivity contribution in [2.24, 2.45) is 0 Å². The lowest BCUT2D eigenvalue weighted by molar-refractivity contribution is -0.385. The molecule has 0 spiro atoms. The highest BCUT2D eigenvalue weighted by Crippen LogP contribution is 2.36. The molecular formula is C38H33Cl3N2O14. The number of aliphatic hydroxyl groups is 1. The molecule has 19 heteroatoms. The number of hydrogen-bond donors (Lipinski definition) is 1. The quantitative estimate of drug-likeness (QED) is 0.0858. The van der Waals surface area contributed by atoms with Crippen LogP contribution in [0.3, 0.4) is 0 Å². The van der Waals surface area contributed by atoms with Crippen LogP contribution in [0.4, 0.5) is 11.4 Å². The Bertz CT molecular complexity index is 2060. The molecule has 4 aromatic rings. The molecule has 0 amide bonds. The van der Waals surface area contributed by atoms with Gasteiger partial charge in [-0.25, -0.2) is 4.79 Å². The van der Waals surface area contributed by atoms with E-state index in [1.807, 2.05) is 12.1 Å². The van der Waals surface area contributed by atoms with Gasteiger partial charge in [-0.05, 0) is 35.9 Å². The van der Waals surface area contributed by atoms with Crippen molar-refractivity contribution in [1.82, 2.24) is 0 Å². The molecule has 4 fully saturated rings. The average molecular weight is 848 g/mol. The minimum absolute atomic E-state index is 0.101. The van der Waals surface area contributed by atoms with Crippen LogP contribution in [0.15, 0.2) is 97.1 Å². The summed E-state index contributed by atoms with van der Waals surface area (Å²) in [5, 5.41) is 30.9. The Morgan fingerprint density at radius 3 is 1.49 bits per heavy atom. The van der Waals surface area contributed by atoms with Crippen molar-refractivity contribution < 1.29 is 57.7 Å². The van der Waals surface area contributed by atoms with Gasteiger partial charge in [-0.1, -0.05) is 71.7 Å². The topological polar surface area (TPSA) is 205 Å². The molecule has 0 bridgehead atoms. The molecule has 16 nitrogen and oxygen atoms in total. The predicted octanol–water partition coefficient (Wildman–Crippen LogP) is 6.24. The largest absolute Gasteiger partial charge is 0.484 e. The van der Waals surface area contributed by atoms with Gasteiger partial charge in [0.25, 0.3) is 16.6 Å². The number of nitro groups is 2. The van der Waals surface area contributed by atoms with E-state index in [1.54, 1.807) is 48.5 Å². The van der Waals surface area contributed by atoms with E-state index in [9.17, 15) is 34.9 Å². The van der Waals surface area contributed by atoms with E-state index in [1.165, 1.54) is 36.4 Å². The summed E-state index contributed by atoms with van der Waals surface area (Å²) >= 11 is 17.2. The van der Waals surface area contributed by atoms with Crippen molar-refractivity contribution in [1.29, 1.82) is 0 Å². The summed E-state index contributed by atoms with van der Waals surface area (Å²) in [5.41, 5.74) is 0.770. The van der Waals surface area contributed by atoms with Crippen molar-refractivity contribution in [3.8, 4) is 11.5 Å². The van der Waals surface area contributed by atoms with Gasteiger partial charge in [0, 0.05) is 29.8 Å². The molecule has 1 N–H and O–H groups in total. The lowest BCUT2D eigenvalue weighted by atomic mass is 10.1. The fourth-order valence-corrected chi connectivity index (χ4v) is 6.81.